The monoisotopic (exact) mass is 433 g/mol. The summed E-state index contributed by atoms with van der Waals surface area (Å²) >= 11 is 0. The molecule has 0 aromatic rings. The SMILES string of the molecule is C#C.C=C1CCC2CC(C3(C)CCC(O)CC3CCN3CCOCC3)CCC12C.CO. The Labute approximate surface area is 191 Å². The third-order valence-corrected chi connectivity index (χ3v) is 9.42. The number of nitrogens with zero attached hydrogens (tertiary/aromatic N) is 1. The Morgan fingerprint density at radius 1 is 1.03 bits per heavy atom. The van der Waals surface area contributed by atoms with Crippen LogP contribution in [0.1, 0.15) is 71.6 Å². The second-order valence-electron chi connectivity index (χ2n) is 10.6. The van der Waals surface area contributed by atoms with Crippen LogP contribution in [0.2, 0.25) is 0 Å². The van der Waals surface area contributed by atoms with Gasteiger partial charge in [0.15, 0.2) is 0 Å². The van der Waals surface area contributed by atoms with E-state index in [1.165, 1.54) is 57.1 Å². The molecule has 6 atom stereocenters. The number of aliphatic hydroxyl groups excluding tert-OH is 2. The predicted molar refractivity (Wildman–Crippen MR) is 129 cm³/mol. The van der Waals surface area contributed by atoms with Crippen LogP contribution in [-0.4, -0.2) is 61.2 Å². The molecule has 178 valence electrons. The fraction of sp³-hybridized carbons (Fsp3) is 0.852. The van der Waals surface area contributed by atoms with Crippen LogP contribution in [-0.2, 0) is 4.74 Å². The minimum atomic E-state index is -0.0760. The largest absolute Gasteiger partial charge is 0.400 e. The molecule has 1 aliphatic heterocycles. The van der Waals surface area contributed by atoms with Crippen LogP contribution >= 0.6 is 0 Å². The summed E-state index contributed by atoms with van der Waals surface area (Å²) in [5.41, 5.74) is 2.36. The van der Waals surface area contributed by atoms with Crippen molar-refractivity contribution in [3.05, 3.63) is 12.2 Å². The second-order valence-corrected chi connectivity index (χ2v) is 10.6. The summed E-state index contributed by atoms with van der Waals surface area (Å²) in [5, 5.41) is 17.4. The van der Waals surface area contributed by atoms with Crippen molar-refractivity contribution in [2.75, 3.05) is 40.0 Å². The lowest BCUT2D eigenvalue weighted by molar-refractivity contribution is -0.0566. The molecular formula is C27H47NO3. The Bertz CT molecular complexity index is 584. The van der Waals surface area contributed by atoms with Gasteiger partial charge in [-0.05, 0) is 92.9 Å². The van der Waals surface area contributed by atoms with E-state index >= 15 is 0 Å². The van der Waals surface area contributed by atoms with Gasteiger partial charge >= 0.3 is 0 Å². The number of morpholine rings is 1. The molecule has 0 aromatic heterocycles. The van der Waals surface area contributed by atoms with Gasteiger partial charge in [-0.15, -0.1) is 12.8 Å². The average molecular weight is 434 g/mol. The van der Waals surface area contributed by atoms with Crippen LogP contribution < -0.4 is 0 Å². The zero-order valence-electron chi connectivity index (χ0n) is 20.3. The molecule has 6 unspecified atom stereocenters. The minimum Gasteiger partial charge on any atom is -0.400 e. The lowest BCUT2D eigenvalue weighted by atomic mass is 9.52. The molecule has 3 aliphatic carbocycles. The first-order chi connectivity index (χ1) is 14.9. The van der Waals surface area contributed by atoms with E-state index in [0.717, 1.165) is 58.1 Å². The average Bonchev–Trinajstić information content (AvgIpc) is 3.11. The smallest absolute Gasteiger partial charge is 0.0594 e. The molecule has 31 heavy (non-hydrogen) atoms. The summed E-state index contributed by atoms with van der Waals surface area (Å²) in [6.45, 7) is 14.6. The molecule has 4 fully saturated rings. The number of terminal acetylenes is 1. The van der Waals surface area contributed by atoms with Crippen LogP contribution in [0.15, 0.2) is 12.2 Å². The van der Waals surface area contributed by atoms with Crippen LogP contribution in [0.3, 0.4) is 0 Å². The van der Waals surface area contributed by atoms with Gasteiger partial charge in [0.25, 0.3) is 0 Å². The first-order valence-electron chi connectivity index (χ1n) is 12.4. The molecule has 4 rings (SSSR count). The van der Waals surface area contributed by atoms with E-state index in [1.807, 2.05) is 0 Å². The number of allylic oxidation sites excluding steroid dienone is 1. The molecule has 4 heteroatoms. The Morgan fingerprint density at radius 2 is 1.71 bits per heavy atom. The number of fused-ring (bicyclic) bond motifs is 1. The molecule has 4 aliphatic rings. The topological polar surface area (TPSA) is 52.9 Å². The highest BCUT2D eigenvalue weighted by molar-refractivity contribution is 5.19. The Kier molecular flexibility index (Phi) is 10.1. The third-order valence-electron chi connectivity index (χ3n) is 9.42. The summed E-state index contributed by atoms with van der Waals surface area (Å²) in [7, 11) is 1.00. The van der Waals surface area contributed by atoms with Gasteiger partial charge in [0, 0.05) is 20.2 Å². The maximum atomic E-state index is 10.4. The van der Waals surface area contributed by atoms with Crippen molar-refractivity contribution in [2.24, 2.45) is 28.6 Å². The van der Waals surface area contributed by atoms with E-state index < -0.39 is 0 Å². The van der Waals surface area contributed by atoms with E-state index in [4.69, 9.17) is 9.84 Å². The summed E-state index contributed by atoms with van der Waals surface area (Å²) in [6.07, 6.45) is 19.1. The van der Waals surface area contributed by atoms with Gasteiger partial charge in [0.1, 0.15) is 0 Å². The molecule has 0 bridgehead atoms. The summed E-state index contributed by atoms with van der Waals surface area (Å²) < 4.78 is 5.51. The normalized spacial score (nSPS) is 40.7. The van der Waals surface area contributed by atoms with Crippen molar-refractivity contribution in [1.29, 1.82) is 0 Å². The van der Waals surface area contributed by atoms with Crippen molar-refractivity contribution < 1.29 is 14.9 Å². The van der Waals surface area contributed by atoms with E-state index in [2.05, 4.69) is 38.2 Å². The van der Waals surface area contributed by atoms with Crippen molar-refractivity contribution >= 4 is 0 Å². The molecule has 0 radical (unpaired) electrons. The molecule has 0 spiro atoms. The van der Waals surface area contributed by atoms with Gasteiger partial charge in [0.05, 0.1) is 19.3 Å². The number of hydrogen-bond donors (Lipinski definition) is 2. The predicted octanol–water partition coefficient (Wildman–Crippen LogP) is 4.51. The summed E-state index contributed by atoms with van der Waals surface area (Å²) in [4.78, 5) is 2.57. The highest BCUT2D eigenvalue weighted by atomic mass is 16.5. The molecule has 0 aromatic carbocycles. The van der Waals surface area contributed by atoms with Gasteiger partial charge < -0.3 is 14.9 Å². The Morgan fingerprint density at radius 3 is 2.39 bits per heavy atom. The number of hydrogen-bond acceptors (Lipinski definition) is 4. The standard InChI is InChI=1S/C24H41NO2.C2H2.CH4O/c1-18-4-5-19-16-20(6-9-23(18,19)2)24(3)10-7-22(26)17-21(24)8-11-25-12-14-27-15-13-25;2*1-2/h19-22,26H,1,4-17H2,2-3H3;1-2H;2H,1H3. The molecule has 0 amide bonds. The third kappa shape index (κ3) is 5.74. The number of ether oxygens (including phenoxy) is 1. The summed E-state index contributed by atoms with van der Waals surface area (Å²) in [6, 6.07) is 0. The number of aliphatic hydroxyl groups is 2. The van der Waals surface area contributed by atoms with Gasteiger partial charge in [-0.1, -0.05) is 26.0 Å². The summed E-state index contributed by atoms with van der Waals surface area (Å²) in [5.74, 6) is 2.36. The minimum absolute atomic E-state index is 0.0760. The maximum Gasteiger partial charge on any atom is 0.0594 e. The maximum absolute atomic E-state index is 10.4. The molecule has 1 heterocycles. The fourth-order valence-electron chi connectivity index (χ4n) is 7.08. The highest BCUT2D eigenvalue weighted by Gasteiger charge is 2.52. The molecule has 2 N–H and O–H groups in total. The van der Waals surface area contributed by atoms with E-state index in [9.17, 15) is 5.11 Å². The van der Waals surface area contributed by atoms with Gasteiger partial charge in [-0.3, -0.25) is 4.90 Å². The molecule has 3 saturated carbocycles. The van der Waals surface area contributed by atoms with Gasteiger partial charge in [-0.25, -0.2) is 0 Å². The quantitative estimate of drug-likeness (QED) is 0.506. The van der Waals surface area contributed by atoms with Gasteiger partial charge in [-0.2, -0.15) is 0 Å². The van der Waals surface area contributed by atoms with Gasteiger partial charge in [0.2, 0.25) is 0 Å². The Hall–Kier alpha value is -0.860. The lowest BCUT2D eigenvalue weighted by Gasteiger charge is -2.53. The van der Waals surface area contributed by atoms with Crippen molar-refractivity contribution in [1.82, 2.24) is 4.90 Å². The van der Waals surface area contributed by atoms with Crippen LogP contribution in [0.5, 0.6) is 0 Å². The molecule has 4 nitrogen and oxygen atoms in total. The number of rotatable bonds is 4. The fourth-order valence-corrected chi connectivity index (χ4v) is 7.08. The van der Waals surface area contributed by atoms with E-state index in [0.29, 0.717) is 16.7 Å². The van der Waals surface area contributed by atoms with Crippen LogP contribution in [0.25, 0.3) is 0 Å². The molecule has 1 saturated heterocycles. The highest BCUT2D eigenvalue weighted by Crippen LogP contribution is 2.61. The van der Waals surface area contributed by atoms with Crippen molar-refractivity contribution in [3.63, 3.8) is 0 Å². The zero-order chi connectivity index (χ0) is 23.1. The van der Waals surface area contributed by atoms with Crippen LogP contribution in [0.4, 0.5) is 0 Å². The molecular weight excluding hydrogens is 386 g/mol. The first-order valence-corrected chi connectivity index (χ1v) is 12.4. The van der Waals surface area contributed by atoms with Crippen molar-refractivity contribution in [3.8, 4) is 12.8 Å². The lowest BCUT2D eigenvalue weighted by Crippen LogP contribution is -2.47. The van der Waals surface area contributed by atoms with Crippen LogP contribution in [0, 0.1) is 41.4 Å². The van der Waals surface area contributed by atoms with E-state index in [1.54, 1.807) is 0 Å². The van der Waals surface area contributed by atoms with Crippen molar-refractivity contribution in [2.45, 2.75) is 77.7 Å². The first kappa shape index (κ1) is 26.4. The second kappa shape index (κ2) is 11.8. The zero-order valence-corrected chi connectivity index (χ0v) is 20.3. The van der Waals surface area contributed by atoms with E-state index in [-0.39, 0.29) is 6.10 Å². The Balaban J connectivity index is 0.000000807.